The first kappa shape index (κ1) is 20.6. The summed E-state index contributed by atoms with van der Waals surface area (Å²) >= 11 is 0. The summed E-state index contributed by atoms with van der Waals surface area (Å²) in [6.45, 7) is 0.808. The van der Waals surface area contributed by atoms with Crippen molar-refractivity contribution in [1.29, 1.82) is 0 Å². The van der Waals surface area contributed by atoms with Gasteiger partial charge in [-0.05, 0) is 29.8 Å². The number of rotatable bonds is 6. The topological polar surface area (TPSA) is 94.2 Å². The first-order valence-corrected chi connectivity index (χ1v) is 9.87. The molecule has 162 valence electrons. The average molecular weight is 428 g/mol. The van der Waals surface area contributed by atoms with Crippen molar-refractivity contribution in [3.63, 3.8) is 0 Å². The third-order valence-electron chi connectivity index (χ3n) is 5.04. The molecule has 1 N–H and O–H groups in total. The second-order valence-electron chi connectivity index (χ2n) is 7.24. The molecule has 0 aliphatic carbocycles. The van der Waals surface area contributed by atoms with Gasteiger partial charge in [0.15, 0.2) is 18.1 Å². The van der Waals surface area contributed by atoms with Gasteiger partial charge in [-0.3, -0.25) is 14.4 Å². The molecular formula is C22H21FN2O6. The largest absolute Gasteiger partial charge is 0.486 e. The molecule has 2 aliphatic rings. The van der Waals surface area contributed by atoms with Crippen molar-refractivity contribution in [2.24, 2.45) is 5.92 Å². The van der Waals surface area contributed by atoms with Gasteiger partial charge in [-0.25, -0.2) is 4.39 Å². The minimum atomic E-state index is -0.661. The smallest absolute Gasteiger partial charge is 0.311 e. The van der Waals surface area contributed by atoms with Crippen LogP contribution in [-0.4, -0.2) is 44.1 Å². The summed E-state index contributed by atoms with van der Waals surface area (Å²) in [4.78, 5) is 38.2. The third-order valence-corrected chi connectivity index (χ3v) is 5.04. The van der Waals surface area contributed by atoms with Gasteiger partial charge in [-0.1, -0.05) is 12.1 Å². The van der Waals surface area contributed by atoms with Crippen LogP contribution in [0.1, 0.15) is 12.0 Å². The molecule has 0 unspecified atom stereocenters. The average Bonchev–Trinajstić information content (AvgIpc) is 3.18. The van der Waals surface area contributed by atoms with Crippen molar-refractivity contribution in [2.45, 2.75) is 13.0 Å². The fraction of sp³-hybridized carbons (Fsp3) is 0.318. The minimum absolute atomic E-state index is 0.00444. The Morgan fingerprint density at radius 2 is 1.84 bits per heavy atom. The van der Waals surface area contributed by atoms with E-state index in [1.54, 1.807) is 30.3 Å². The van der Waals surface area contributed by atoms with E-state index < -0.39 is 24.4 Å². The van der Waals surface area contributed by atoms with Gasteiger partial charge in [0, 0.05) is 31.3 Å². The Morgan fingerprint density at radius 3 is 2.61 bits per heavy atom. The molecule has 1 saturated heterocycles. The summed E-state index contributed by atoms with van der Waals surface area (Å²) in [5.41, 5.74) is 1.33. The molecule has 0 aromatic heterocycles. The van der Waals surface area contributed by atoms with Crippen LogP contribution in [-0.2, 0) is 25.7 Å². The summed E-state index contributed by atoms with van der Waals surface area (Å²) in [5.74, 6) is -1.15. The number of nitrogens with one attached hydrogen (secondary N) is 1. The number of carbonyl (C=O) groups excluding carboxylic acids is 3. The standard InChI is InChI=1S/C22H21FN2O6/c23-16-3-1-14(2-4-16)11-24-20(26)13-31-22(28)15-9-21(27)25(12-15)17-5-6-18-19(10-17)30-8-7-29-18/h1-6,10,15H,7-9,11-13H2,(H,24,26)/t15-/m1/s1. The van der Waals surface area contributed by atoms with Crippen LogP contribution < -0.4 is 19.7 Å². The van der Waals surface area contributed by atoms with Crippen LogP contribution >= 0.6 is 0 Å². The maximum Gasteiger partial charge on any atom is 0.311 e. The number of nitrogens with zero attached hydrogens (tertiary/aromatic N) is 1. The van der Waals surface area contributed by atoms with Gasteiger partial charge >= 0.3 is 5.97 Å². The second-order valence-corrected chi connectivity index (χ2v) is 7.24. The van der Waals surface area contributed by atoms with Crippen molar-refractivity contribution >= 4 is 23.5 Å². The molecule has 2 aliphatic heterocycles. The second kappa shape index (κ2) is 9.03. The highest BCUT2D eigenvalue weighted by Crippen LogP contribution is 2.36. The molecule has 0 radical (unpaired) electrons. The molecule has 0 spiro atoms. The van der Waals surface area contributed by atoms with E-state index in [9.17, 15) is 18.8 Å². The zero-order valence-electron chi connectivity index (χ0n) is 16.6. The van der Waals surface area contributed by atoms with Crippen LogP contribution in [0.15, 0.2) is 42.5 Å². The minimum Gasteiger partial charge on any atom is -0.486 e. The Bertz CT molecular complexity index is 994. The van der Waals surface area contributed by atoms with Gasteiger partial charge < -0.3 is 24.4 Å². The van der Waals surface area contributed by atoms with Crippen LogP contribution in [0.3, 0.4) is 0 Å². The van der Waals surface area contributed by atoms with E-state index in [1.165, 1.54) is 17.0 Å². The normalized spacial score (nSPS) is 17.4. The highest BCUT2D eigenvalue weighted by molar-refractivity contribution is 5.99. The molecule has 1 atom stereocenters. The summed E-state index contributed by atoms with van der Waals surface area (Å²) in [5, 5.41) is 2.60. The lowest BCUT2D eigenvalue weighted by Crippen LogP contribution is -2.31. The number of ether oxygens (including phenoxy) is 3. The first-order valence-electron chi connectivity index (χ1n) is 9.87. The molecule has 2 amide bonds. The van der Waals surface area contributed by atoms with Crippen LogP contribution in [0.25, 0.3) is 0 Å². The van der Waals surface area contributed by atoms with E-state index >= 15 is 0 Å². The molecule has 2 aromatic carbocycles. The molecule has 0 bridgehead atoms. The molecule has 1 fully saturated rings. The zero-order chi connectivity index (χ0) is 21.8. The van der Waals surface area contributed by atoms with Crippen molar-refractivity contribution < 1.29 is 33.0 Å². The van der Waals surface area contributed by atoms with Gasteiger partial charge in [-0.15, -0.1) is 0 Å². The molecular weight excluding hydrogens is 407 g/mol. The van der Waals surface area contributed by atoms with Gasteiger partial charge in [0.25, 0.3) is 5.91 Å². The molecule has 0 saturated carbocycles. The van der Waals surface area contributed by atoms with Crippen LogP contribution in [0.4, 0.5) is 10.1 Å². The van der Waals surface area contributed by atoms with E-state index in [-0.39, 0.29) is 31.2 Å². The lowest BCUT2D eigenvalue weighted by molar-refractivity contribution is -0.152. The third kappa shape index (κ3) is 4.93. The summed E-state index contributed by atoms with van der Waals surface area (Å²) < 4.78 is 29.0. The number of hydrogen-bond acceptors (Lipinski definition) is 6. The number of benzene rings is 2. The summed E-state index contributed by atoms with van der Waals surface area (Å²) in [7, 11) is 0. The van der Waals surface area contributed by atoms with E-state index in [1.807, 2.05) is 0 Å². The quantitative estimate of drug-likeness (QED) is 0.706. The first-order chi connectivity index (χ1) is 15.0. The van der Waals surface area contributed by atoms with E-state index in [0.29, 0.717) is 30.4 Å². The number of esters is 1. The molecule has 8 nitrogen and oxygen atoms in total. The number of carbonyl (C=O) groups is 3. The number of fused-ring (bicyclic) bond motifs is 1. The predicted octanol–water partition coefficient (Wildman–Crippen LogP) is 1.81. The Labute approximate surface area is 177 Å². The maximum absolute atomic E-state index is 12.9. The number of anilines is 1. The fourth-order valence-corrected chi connectivity index (χ4v) is 3.42. The van der Waals surface area contributed by atoms with Gasteiger partial charge in [0.05, 0.1) is 5.92 Å². The van der Waals surface area contributed by atoms with Crippen molar-refractivity contribution in [3.05, 3.63) is 53.8 Å². The Morgan fingerprint density at radius 1 is 1.10 bits per heavy atom. The number of hydrogen-bond donors (Lipinski definition) is 1. The molecule has 2 aromatic rings. The van der Waals surface area contributed by atoms with E-state index in [0.717, 1.165) is 5.56 Å². The summed E-state index contributed by atoms with van der Waals surface area (Å²) in [6, 6.07) is 10.9. The molecule has 9 heteroatoms. The predicted molar refractivity (Wildman–Crippen MR) is 107 cm³/mol. The lowest BCUT2D eigenvalue weighted by Gasteiger charge is -2.22. The van der Waals surface area contributed by atoms with Crippen LogP contribution in [0.5, 0.6) is 11.5 Å². The molecule has 4 rings (SSSR count). The fourth-order valence-electron chi connectivity index (χ4n) is 3.42. The molecule has 2 heterocycles. The number of halogens is 1. The maximum atomic E-state index is 12.9. The van der Waals surface area contributed by atoms with E-state index in [4.69, 9.17) is 14.2 Å². The van der Waals surface area contributed by atoms with Crippen LogP contribution in [0, 0.1) is 11.7 Å². The Hall–Kier alpha value is -3.62. The highest BCUT2D eigenvalue weighted by atomic mass is 19.1. The monoisotopic (exact) mass is 428 g/mol. The number of amides is 2. The van der Waals surface area contributed by atoms with Crippen molar-refractivity contribution in [1.82, 2.24) is 5.32 Å². The highest BCUT2D eigenvalue weighted by Gasteiger charge is 2.36. The Kier molecular flexibility index (Phi) is 6.01. The lowest BCUT2D eigenvalue weighted by atomic mass is 10.1. The SMILES string of the molecule is O=C(COC(=O)[C@@H]1CC(=O)N(c2ccc3c(c2)OCCO3)C1)NCc1ccc(F)cc1. The van der Waals surface area contributed by atoms with Crippen LogP contribution in [0.2, 0.25) is 0 Å². The molecule has 31 heavy (non-hydrogen) atoms. The van der Waals surface area contributed by atoms with Gasteiger partial charge in [0.2, 0.25) is 5.91 Å². The van der Waals surface area contributed by atoms with Gasteiger partial charge in [-0.2, -0.15) is 0 Å². The van der Waals surface area contributed by atoms with Crippen molar-refractivity contribution in [3.8, 4) is 11.5 Å². The van der Waals surface area contributed by atoms with Gasteiger partial charge in [0.1, 0.15) is 19.0 Å². The Balaban J connectivity index is 1.27. The van der Waals surface area contributed by atoms with E-state index in [2.05, 4.69) is 5.32 Å². The zero-order valence-corrected chi connectivity index (χ0v) is 16.6. The van der Waals surface area contributed by atoms with Crippen molar-refractivity contribution in [2.75, 3.05) is 31.3 Å². The summed E-state index contributed by atoms with van der Waals surface area (Å²) in [6.07, 6.45) is 0.00444.